The van der Waals surface area contributed by atoms with E-state index < -0.39 is 5.97 Å². The van der Waals surface area contributed by atoms with Gasteiger partial charge in [0.05, 0.1) is 16.9 Å². The van der Waals surface area contributed by atoms with Crippen LogP contribution in [0, 0.1) is 0 Å². The van der Waals surface area contributed by atoms with Crippen molar-refractivity contribution in [3.05, 3.63) is 59.9 Å². The SMILES string of the molecule is O=C(O)c1cccc(-n2nc(-c3cccnc3)c3c2NCCCC3)c1. The van der Waals surface area contributed by atoms with E-state index in [1.807, 2.05) is 29.1 Å². The lowest BCUT2D eigenvalue weighted by molar-refractivity contribution is 0.0697. The fourth-order valence-electron chi connectivity index (χ4n) is 3.19. The summed E-state index contributed by atoms with van der Waals surface area (Å²) < 4.78 is 1.81. The Morgan fingerprint density at radius 3 is 2.92 bits per heavy atom. The molecule has 0 unspecified atom stereocenters. The highest BCUT2D eigenvalue weighted by Crippen LogP contribution is 2.33. The van der Waals surface area contributed by atoms with Gasteiger partial charge in [-0.3, -0.25) is 4.98 Å². The second kappa shape index (κ2) is 6.39. The van der Waals surface area contributed by atoms with Gasteiger partial charge in [-0.15, -0.1) is 0 Å². The van der Waals surface area contributed by atoms with Gasteiger partial charge in [0.2, 0.25) is 0 Å². The highest BCUT2D eigenvalue weighted by molar-refractivity contribution is 5.88. The standard InChI is InChI=1S/C19H18N4O2/c24-19(25)13-5-3-7-15(11-13)23-18-16(8-1-2-10-21-18)17(22-23)14-6-4-9-20-12-14/h3-7,9,11-12,21H,1-2,8,10H2,(H,24,25). The number of carboxylic acid groups (broad SMARTS) is 1. The smallest absolute Gasteiger partial charge is 0.335 e. The van der Waals surface area contributed by atoms with Gasteiger partial charge in [0, 0.05) is 30.1 Å². The predicted molar refractivity (Wildman–Crippen MR) is 95.2 cm³/mol. The second-order valence-electron chi connectivity index (χ2n) is 6.07. The highest BCUT2D eigenvalue weighted by Gasteiger charge is 2.22. The molecule has 0 saturated heterocycles. The van der Waals surface area contributed by atoms with E-state index in [0.29, 0.717) is 0 Å². The molecule has 3 aromatic rings. The summed E-state index contributed by atoms with van der Waals surface area (Å²) in [5, 5.41) is 17.5. The molecule has 1 aromatic carbocycles. The zero-order valence-electron chi connectivity index (χ0n) is 13.6. The molecule has 1 aliphatic rings. The van der Waals surface area contributed by atoms with Crippen LogP contribution in [0.5, 0.6) is 0 Å². The van der Waals surface area contributed by atoms with E-state index in [1.165, 1.54) is 0 Å². The van der Waals surface area contributed by atoms with E-state index in [1.54, 1.807) is 24.4 Å². The summed E-state index contributed by atoms with van der Waals surface area (Å²) >= 11 is 0. The van der Waals surface area contributed by atoms with Crippen molar-refractivity contribution in [2.75, 3.05) is 11.9 Å². The third-order valence-electron chi connectivity index (χ3n) is 4.40. The fraction of sp³-hybridized carbons (Fsp3) is 0.211. The number of nitrogens with zero attached hydrogens (tertiary/aromatic N) is 3. The minimum atomic E-state index is -0.944. The largest absolute Gasteiger partial charge is 0.478 e. The van der Waals surface area contributed by atoms with Crippen molar-refractivity contribution in [3.8, 4) is 16.9 Å². The average Bonchev–Trinajstić information content (AvgIpc) is 2.83. The predicted octanol–water partition coefficient (Wildman–Crippen LogP) is 3.38. The first-order valence-electron chi connectivity index (χ1n) is 8.34. The fourth-order valence-corrected chi connectivity index (χ4v) is 3.19. The van der Waals surface area contributed by atoms with Crippen LogP contribution in [0.15, 0.2) is 48.8 Å². The van der Waals surface area contributed by atoms with Crippen molar-refractivity contribution in [2.45, 2.75) is 19.3 Å². The molecule has 2 N–H and O–H groups in total. The van der Waals surface area contributed by atoms with Gasteiger partial charge in [0.15, 0.2) is 0 Å². The van der Waals surface area contributed by atoms with Gasteiger partial charge in [-0.25, -0.2) is 9.48 Å². The van der Waals surface area contributed by atoms with Crippen LogP contribution in [0.1, 0.15) is 28.8 Å². The number of aromatic carboxylic acids is 1. The van der Waals surface area contributed by atoms with Gasteiger partial charge in [-0.2, -0.15) is 5.10 Å². The minimum absolute atomic E-state index is 0.248. The number of fused-ring (bicyclic) bond motifs is 1. The number of carbonyl (C=O) groups is 1. The Morgan fingerprint density at radius 1 is 1.20 bits per heavy atom. The summed E-state index contributed by atoms with van der Waals surface area (Å²) in [6.07, 6.45) is 6.68. The Kier molecular flexibility index (Phi) is 3.93. The summed E-state index contributed by atoms with van der Waals surface area (Å²) in [6.45, 7) is 0.879. The van der Waals surface area contributed by atoms with Gasteiger partial charge in [0.1, 0.15) is 5.82 Å². The zero-order valence-corrected chi connectivity index (χ0v) is 13.6. The maximum atomic E-state index is 11.3. The van der Waals surface area contributed by atoms with E-state index in [4.69, 9.17) is 5.10 Å². The van der Waals surface area contributed by atoms with E-state index in [-0.39, 0.29) is 5.56 Å². The highest BCUT2D eigenvalue weighted by atomic mass is 16.4. The number of anilines is 1. The molecular formula is C19H18N4O2. The number of hydrogen-bond donors (Lipinski definition) is 2. The maximum absolute atomic E-state index is 11.3. The summed E-state index contributed by atoms with van der Waals surface area (Å²) in [7, 11) is 0. The minimum Gasteiger partial charge on any atom is -0.478 e. The molecule has 0 spiro atoms. The molecule has 0 atom stereocenters. The van der Waals surface area contributed by atoms with E-state index in [9.17, 15) is 9.90 Å². The second-order valence-corrected chi connectivity index (χ2v) is 6.07. The van der Waals surface area contributed by atoms with Gasteiger partial charge in [0.25, 0.3) is 0 Å². The van der Waals surface area contributed by atoms with Crippen molar-refractivity contribution in [2.24, 2.45) is 0 Å². The Hall–Kier alpha value is -3.15. The molecule has 0 fully saturated rings. The topological polar surface area (TPSA) is 80.0 Å². The molecule has 6 heteroatoms. The third kappa shape index (κ3) is 2.87. The molecule has 2 aromatic heterocycles. The Balaban J connectivity index is 1.90. The van der Waals surface area contributed by atoms with Crippen LogP contribution < -0.4 is 5.32 Å². The molecule has 3 heterocycles. The first-order chi connectivity index (χ1) is 12.2. The van der Waals surface area contributed by atoms with Crippen LogP contribution >= 0.6 is 0 Å². The molecule has 1 aliphatic heterocycles. The van der Waals surface area contributed by atoms with Crippen LogP contribution in [0.25, 0.3) is 16.9 Å². The van der Waals surface area contributed by atoms with Crippen LogP contribution in [-0.4, -0.2) is 32.4 Å². The van der Waals surface area contributed by atoms with Crippen LogP contribution in [0.3, 0.4) is 0 Å². The first-order valence-corrected chi connectivity index (χ1v) is 8.34. The Morgan fingerprint density at radius 2 is 2.12 bits per heavy atom. The Bertz CT molecular complexity index is 918. The van der Waals surface area contributed by atoms with Crippen molar-refractivity contribution in [1.82, 2.24) is 14.8 Å². The van der Waals surface area contributed by atoms with E-state index in [2.05, 4.69) is 10.3 Å². The lowest BCUT2D eigenvalue weighted by Crippen LogP contribution is -2.08. The summed E-state index contributed by atoms with van der Waals surface area (Å²) in [4.78, 5) is 15.5. The first kappa shape index (κ1) is 15.4. The van der Waals surface area contributed by atoms with Gasteiger partial charge in [-0.05, 0) is 49.6 Å². The molecule has 126 valence electrons. The molecule has 0 saturated carbocycles. The third-order valence-corrected chi connectivity index (χ3v) is 4.40. The van der Waals surface area contributed by atoms with Gasteiger partial charge in [-0.1, -0.05) is 6.07 Å². The van der Waals surface area contributed by atoms with Crippen LogP contribution in [0.4, 0.5) is 5.82 Å². The molecule has 0 amide bonds. The quantitative estimate of drug-likeness (QED) is 0.767. The molecule has 0 aliphatic carbocycles. The number of pyridine rings is 1. The summed E-state index contributed by atoms with van der Waals surface area (Å²) in [5.74, 6) is -0.000528. The number of rotatable bonds is 3. The number of carboxylic acids is 1. The molecule has 0 radical (unpaired) electrons. The van der Waals surface area contributed by atoms with Gasteiger partial charge >= 0.3 is 5.97 Å². The van der Waals surface area contributed by atoms with Crippen molar-refractivity contribution in [3.63, 3.8) is 0 Å². The van der Waals surface area contributed by atoms with Crippen LogP contribution in [-0.2, 0) is 6.42 Å². The molecule has 0 bridgehead atoms. The molecule has 6 nitrogen and oxygen atoms in total. The monoisotopic (exact) mass is 334 g/mol. The molecule has 4 rings (SSSR count). The van der Waals surface area contributed by atoms with Gasteiger partial charge < -0.3 is 10.4 Å². The van der Waals surface area contributed by atoms with Crippen molar-refractivity contribution in [1.29, 1.82) is 0 Å². The Labute approximate surface area is 145 Å². The average molecular weight is 334 g/mol. The maximum Gasteiger partial charge on any atom is 0.335 e. The molecular weight excluding hydrogens is 316 g/mol. The molecule has 25 heavy (non-hydrogen) atoms. The van der Waals surface area contributed by atoms with E-state index >= 15 is 0 Å². The lowest BCUT2D eigenvalue weighted by Gasteiger charge is -2.09. The number of hydrogen-bond acceptors (Lipinski definition) is 4. The number of benzene rings is 1. The lowest BCUT2D eigenvalue weighted by atomic mass is 10.1. The number of nitrogens with one attached hydrogen (secondary N) is 1. The van der Waals surface area contributed by atoms with Crippen LogP contribution in [0.2, 0.25) is 0 Å². The van der Waals surface area contributed by atoms with Crippen molar-refractivity contribution < 1.29 is 9.90 Å². The van der Waals surface area contributed by atoms with E-state index in [0.717, 1.165) is 54.1 Å². The normalized spacial score (nSPS) is 13.6. The number of aromatic nitrogens is 3. The zero-order chi connectivity index (χ0) is 17.2. The summed E-state index contributed by atoms with van der Waals surface area (Å²) in [6, 6.07) is 10.7. The summed E-state index contributed by atoms with van der Waals surface area (Å²) in [5.41, 5.74) is 4.01. The van der Waals surface area contributed by atoms with Crippen molar-refractivity contribution >= 4 is 11.8 Å².